The molecule has 2 atom stereocenters. The Labute approximate surface area is 102 Å². The Hall–Kier alpha value is -1.06. The number of amides is 1. The summed E-state index contributed by atoms with van der Waals surface area (Å²) in [6, 6.07) is 0.0739. The first-order chi connectivity index (χ1) is 7.85. The molecule has 2 unspecified atom stereocenters. The molecule has 1 aliphatic heterocycles. The number of likely N-dealkylation sites (tertiary alicyclic amines) is 1. The highest BCUT2D eigenvalue weighted by Gasteiger charge is 2.38. The maximum atomic E-state index is 12.0. The van der Waals surface area contributed by atoms with Gasteiger partial charge in [0.2, 0.25) is 0 Å². The van der Waals surface area contributed by atoms with Gasteiger partial charge in [0.1, 0.15) is 11.4 Å². The van der Waals surface area contributed by atoms with Crippen LogP contribution in [-0.4, -0.2) is 35.0 Å². The first-order valence-corrected chi connectivity index (χ1v) is 6.36. The van der Waals surface area contributed by atoms with Crippen LogP contribution in [0.2, 0.25) is 0 Å². The lowest BCUT2D eigenvalue weighted by atomic mass is 9.79. The molecule has 4 nitrogen and oxygen atoms in total. The van der Waals surface area contributed by atoms with Crippen LogP contribution < -0.4 is 0 Å². The first-order valence-electron chi connectivity index (χ1n) is 6.36. The number of carbonyl (C=O) groups is 2. The molecule has 96 valence electrons. The zero-order chi connectivity index (χ0) is 12.6. The number of ether oxygens (including phenoxy) is 1. The van der Waals surface area contributed by atoms with Crippen molar-refractivity contribution >= 4 is 11.9 Å². The molecule has 1 saturated heterocycles. The number of ketones is 1. The molecule has 17 heavy (non-hydrogen) atoms. The minimum atomic E-state index is -0.466. The molecule has 0 aromatic rings. The van der Waals surface area contributed by atoms with E-state index in [1.165, 1.54) is 0 Å². The van der Waals surface area contributed by atoms with Crippen LogP contribution >= 0.6 is 0 Å². The highest BCUT2D eigenvalue weighted by atomic mass is 16.6. The fourth-order valence-electron chi connectivity index (χ4n) is 2.74. The largest absolute Gasteiger partial charge is 0.444 e. The van der Waals surface area contributed by atoms with Crippen LogP contribution in [0.15, 0.2) is 0 Å². The fraction of sp³-hybridized carbons (Fsp3) is 0.846. The summed E-state index contributed by atoms with van der Waals surface area (Å²) in [6.07, 6.45) is 2.84. The van der Waals surface area contributed by atoms with E-state index in [1.807, 2.05) is 20.8 Å². The average molecular weight is 239 g/mol. The quantitative estimate of drug-likeness (QED) is 0.652. The van der Waals surface area contributed by atoms with Gasteiger partial charge in [0.25, 0.3) is 0 Å². The van der Waals surface area contributed by atoms with Gasteiger partial charge in [-0.25, -0.2) is 4.79 Å². The second kappa shape index (κ2) is 4.31. The van der Waals surface area contributed by atoms with Crippen molar-refractivity contribution in [2.75, 3.05) is 6.54 Å². The summed E-state index contributed by atoms with van der Waals surface area (Å²) in [7, 11) is 0. The number of hydrogen-bond acceptors (Lipinski definition) is 3. The molecule has 0 radical (unpaired) electrons. The van der Waals surface area contributed by atoms with E-state index in [0.29, 0.717) is 24.5 Å². The Morgan fingerprint density at radius 2 is 2.06 bits per heavy atom. The predicted octanol–water partition coefficient (Wildman–Crippen LogP) is 2.37. The van der Waals surface area contributed by atoms with Gasteiger partial charge < -0.3 is 9.64 Å². The molecule has 2 bridgehead atoms. The van der Waals surface area contributed by atoms with Crippen LogP contribution in [0.1, 0.15) is 46.5 Å². The zero-order valence-electron chi connectivity index (χ0n) is 10.9. The molecular formula is C13H21NO3. The van der Waals surface area contributed by atoms with E-state index < -0.39 is 5.60 Å². The third-order valence-corrected chi connectivity index (χ3v) is 3.43. The molecule has 2 rings (SSSR count). The second-order valence-corrected chi connectivity index (χ2v) is 6.16. The van der Waals surface area contributed by atoms with Crippen molar-refractivity contribution in [3.63, 3.8) is 0 Å². The van der Waals surface area contributed by atoms with Gasteiger partial charge in [-0.1, -0.05) is 0 Å². The van der Waals surface area contributed by atoms with E-state index in [-0.39, 0.29) is 12.1 Å². The zero-order valence-corrected chi connectivity index (χ0v) is 10.9. The number of piperidine rings is 1. The van der Waals surface area contributed by atoms with Gasteiger partial charge in [0, 0.05) is 25.4 Å². The highest BCUT2D eigenvalue weighted by molar-refractivity contribution is 5.81. The molecule has 2 fully saturated rings. The molecule has 1 aliphatic carbocycles. The van der Waals surface area contributed by atoms with Crippen LogP contribution in [0, 0.1) is 5.92 Å². The SMILES string of the molecule is CC(C)(C)OC(=O)N1CCC2CC(=O)CC1C2. The lowest BCUT2D eigenvalue weighted by Gasteiger charge is -2.42. The van der Waals surface area contributed by atoms with Crippen molar-refractivity contribution in [2.45, 2.75) is 58.1 Å². The van der Waals surface area contributed by atoms with Crippen LogP contribution in [0.25, 0.3) is 0 Å². The van der Waals surface area contributed by atoms with Crippen molar-refractivity contribution in [3.05, 3.63) is 0 Å². The minimum Gasteiger partial charge on any atom is -0.444 e. The van der Waals surface area contributed by atoms with Gasteiger partial charge in [-0.05, 0) is 39.5 Å². The number of nitrogens with zero attached hydrogens (tertiary/aromatic N) is 1. The summed E-state index contributed by atoms with van der Waals surface area (Å²) in [4.78, 5) is 25.3. The number of rotatable bonds is 0. The highest BCUT2D eigenvalue weighted by Crippen LogP contribution is 2.33. The summed E-state index contributed by atoms with van der Waals surface area (Å²) >= 11 is 0. The Balaban J connectivity index is 2.01. The lowest BCUT2D eigenvalue weighted by Crippen LogP contribution is -2.51. The van der Waals surface area contributed by atoms with Gasteiger partial charge in [-0.2, -0.15) is 0 Å². The molecule has 4 heteroatoms. The summed E-state index contributed by atoms with van der Waals surface area (Å²) < 4.78 is 5.38. The van der Waals surface area contributed by atoms with E-state index in [9.17, 15) is 9.59 Å². The van der Waals surface area contributed by atoms with Gasteiger partial charge >= 0.3 is 6.09 Å². The summed E-state index contributed by atoms with van der Waals surface area (Å²) in [5, 5.41) is 0. The monoisotopic (exact) mass is 239 g/mol. The Bertz CT molecular complexity index is 332. The van der Waals surface area contributed by atoms with Crippen molar-refractivity contribution < 1.29 is 14.3 Å². The predicted molar refractivity (Wildman–Crippen MR) is 63.7 cm³/mol. The molecule has 1 saturated carbocycles. The second-order valence-electron chi connectivity index (χ2n) is 6.16. The maximum absolute atomic E-state index is 12.0. The van der Waals surface area contributed by atoms with E-state index in [0.717, 1.165) is 19.4 Å². The Morgan fingerprint density at radius 1 is 1.35 bits per heavy atom. The average Bonchev–Trinajstić information content (AvgIpc) is 2.13. The standard InChI is InChI=1S/C13H21NO3/c1-13(2,3)17-12(16)14-5-4-9-6-10(14)8-11(15)7-9/h9-10H,4-8H2,1-3H3. The Morgan fingerprint density at radius 3 is 2.71 bits per heavy atom. The molecule has 0 aromatic heterocycles. The molecular weight excluding hydrogens is 218 g/mol. The normalized spacial score (nSPS) is 29.1. The van der Waals surface area contributed by atoms with Crippen molar-refractivity contribution in [1.82, 2.24) is 4.90 Å². The molecule has 0 N–H and O–H groups in total. The van der Waals surface area contributed by atoms with Crippen LogP contribution in [-0.2, 0) is 9.53 Å². The number of hydrogen-bond donors (Lipinski definition) is 0. The summed E-state index contributed by atoms with van der Waals surface area (Å²) in [5.74, 6) is 0.777. The number of fused-ring (bicyclic) bond motifs is 2. The third kappa shape index (κ3) is 2.99. The van der Waals surface area contributed by atoms with Crippen molar-refractivity contribution in [1.29, 1.82) is 0 Å². The molecule has 0 aromatic carbocycles. The molecule has 1 amide bonds. The topological polar surface area (TPSA) is 46.6 Å². The lowest BCUT2D eigenvalue weighted by molar-refractivity contribution is -0.124. The van der Waals surface area contributed by atoms with Crippen molar-refractivity contribution in [2.24, 2.45) is 5.92 Å². The van der Waals surface area contributed by atoms with Gasteiger partial charge in [0.15, 0.2) is 0 Å². The van der Waals surface area contributed by atoms with E-state index in [4.69, 9.17) is 4.74 Å². The Kier molecular flexibility index (Phi) is 3.15. The number of Topliss-reactive ketones (excluding diaryl/α,β-unsaturated/α-hetero) is 1. The minimum absolute atomic E-state index is 0.0739. The first kappa shape index (κ1) is 12.4. The van der Waals surface area contributed by atoms with E-state index in [1.54, 1.807) is 4.90 Å². The van der Waals surface area contributed by atoms with Crippen LogP contribution in [0.5, 0.6) is 0 Å². The molecule has 2 aliphatic rings. The van der Waals surface area contributed by atoms with Gasteiger partial charge in [-0.15, -0.1) is 0 Å². The molecule has 1 heterocycles. The summed E-state index contributed by atoms with van der Waals surface area (Å²) in [6.45, 7) is 6.33. The van der Waals surface area contributed by atoms with E-state index >= 15 is 0 Å². The van der Waals surface area contributed by atoms with Crippen LogP contribution in [0.3, 0.4) is 0 Å². The maximum Gasteiger partial charge on any atom is 0.410 e. The van der Waals surface area contributed by atoms with Gasteiger partial charge in [-0.3, -0.25) is 4.79 Å². The third-order valence-electron chi connectivity index (χ3n) is 3.43. The van der Waals surface area contributed by atoms with Gasteiger partial charge in [0.05, 0.1) is 0 Å². The summed E-state index contributed by atoms with van der Waals surface area (Å²) in [5.41, 5.74) is -0.466. The smallest absolute Gasteiger partial charge is 0.410 e. The fourth-order valence-corrected chi connectivity index (χ4v) is 2.74. The molecule has 0 spiro atoms. The van der Waals surface area contributed by atoms with Crippen LogP contribution in [0.4, 0.5) is 4.79 Å². The van der Waals surface area contributed by atoms with E-state index in [2.05, 4.69) is 0 Å². The van der Waals surface area contributed by atoms with Crippen molar-refractivity contribution in [3.8, 4) is 0 Å². The number of carbonyl (C=O) groups excluding carboxylic acids is 2.